The lowest BCUT2D eigenvalue weighted by Gasteiger charge is -2.16. The van der Waals surface area contributed by atoms with Crippen molar-refractivity contribution in [2.75, 3.05) is 18.0 Å². The monoisotopic (exact) mass is 329 g/mol. The Morgan fingerprint density at radius 3 is 2.71 bits per heavy atom. The van der Waals surface area contributed by atoms with E-state index >= 15 is 0 Å². The van der Waals surface area contributed by atoms with Gasteiger partial charge in [-0.1, -0.05) is 18.2 Å². The Labute approximate surface area is 137 Å². The van der Waals surface area contributed by atoms with Crippen LogP contribution < -0.4 is 10.2 Å². The summed E-state index contributed by atoms with van der Waals surface area (Å²) in [5.41, 5.74) is 0.831. The van der Waals surface area contributed by atoms with Crippen molar-refractivity contribution in [2.24, 2.45) is 5.92 Å². The Hall–Kier alpha value is -3.16. The van der Waals surface area contributed by atoms with Gasteiger partial charge < -0.3 is 14.6 Å². The summed E-state index contributed by atoms with van der Waals surface area (Å²) >= 11 is 0. The van der Waals surface area contributed by atoms with Crippen LogP contribution in [0.2, 0.25) is 0 Å². The highest BCUT2D eigenvalue weighted by molar-refractivity contribution is 5.96. The molecule has 1 atom stereocenters. The average Bonchev–Trinajstić information content (AvgIpc) is 3.20. The number of para-hydroxylation sites is 1. The second-order valence-corrected chi connectivity index (χ2v) is 5.52. The molecule has 2 amide bonds. The van der Waals surface area contributed by atoms with Crippen molar-refractivity contribution < 1.29 is 18.9 Å². The van der Waals surface area contributed by atoms with Crippen molar-refractivity contribution in [3.05, 3.63) is 58.3 Å². The van der Waals surface area contributed by atoms with Crippen LogP contribution in [0, 0.1) is 16.0 Å². The summed E-state index contributed by atoms with van der Waals surface area (Å²) in [5.74, 6) is -1.15. The van der Waals surface area contributed by atoms with E-state index in [1.807, 2.05) is 30.3 Å². The molecule has 0 bridgehead atoms. The Balaban J connectivity index is 1.56. The SMILES string of the molecule is O=C(NCC1CC(=O)N(c2ccccc2)C1)c1ccc([N+](=O)[O-])o1. The van der Waals surface area contributed by atoms with Gasteiger partial charge in [0.1, 0.15) is 4.92 Å². The number of nitrogens with zero attached hydrogens (tertiary/aromatic N) is 2. The molecule has 0 spiro atoms. The number of nitro groups is 1. The Bertz CT molecular complexity index is 771. The van der Waals surface area contributed by atoms with Crippen molar-refractivity contribution in [3.63, 3.8) is 0 Å². The summed E-state index contributed by atoms with van der Waals surface area (Å²) < 4.78 is 4.85. The van der Waals surface area contributed by atoms with Crippen LogP contribution in [0.4, 0.5) is 11.6 Å². The molecule has 8 heteroatoms. The van der Waals surface area contributed by atoms with Crippen LogP contribution in [-0.4, -0.2) is 29.8 Å². The number of carbonyl (C=O) groups excluding carboxylic acids is 2. The molecular formula is C16H15N3O5. The van der Waals surface area contributed by atoms with Gasteiger partial charge in [0.25, 0.3) is 5.91 Å². The van der Waals surface area contributed by atoms with Crippen molar-refractivity contribution >= 4 is 23.4 Å². The standard InChI is InChI=1S/C16H15N3O5/c20-14-8-11(10-18(14)12-4-2-1-3-5-12)9-17-16(21)13-6-7-15(24-13)19(22)23/h1-7,11H,8-10H2,(H,17,21). The molecular weight excluding hydrogens is 314 g/mol. The molecule has 1 fully saturated rings. The van der Waals surface area contributed by atoms with E-state index in [-0.39, 0.29) is 17.6 Å². The van der Waals surface area contributed by atoms with Gasteiger partial charge in [-0.05, 0) is 18.2 Å². The fraction of sp³-hybridized carbons (Fsp3) is 0.250. The molecule has 8 nitrogen and oxygen atoms in total. The van der Waals surface area contributed by atoms with Gasteiger partial charge >= 0.3 is 5.88 Å². The summed E-state index contributed by atoms with van der Waals surface area (Å²) in [6, 6.07) is 11.7. The molecule has 24 heavy (non-hydrogen) atoms. The number of hydrogen-bond acceptors (Lipinski definition) is 5. The molecule has 1 aliphatic heterocycles. The van der Waals surface area contributed by atoms with Gasteiger partial charge in [-0.2, -0.15) is 0 Å². The molecule has 0 aliphatic carbocycles. The first-order valence-electron chi connectivity index (χ1n) is 7.42. The second kappa shape index (κ2) is 6.53. The minimum Gasteiger partial charge on any atom is -0.395 e. The number of hydrogen-bond donors (Lipinski definition) is 1. The van der Waals surface area contributed by atoms with E-state index in [1.165, 1.54) is 6.07 Å². The number of rotatable bonds is 5. The van der Waals surface area contributed by atoms with Crippen LogP contribution in [0.25, 0.3) is 0 Å². The van der Waals surface area contributed by atoms with Gasteiger partial charge in [-0.15, -0.1) is 0 Å². The summed E-state index contributed by atoms with van der Waals surface area (Å²) in [4.78, 5) is 35.6. The van der Waals surface area contributed by atoms with E-state index in [0.717, 1.165) is 11.8 Å². The predicted octanol–water partition coefficient (Wildman–Crippen LogP) is 1.97. The van der Waals surface area contributed by atoms with E-state index in [0.29, 0.717) is 19.5 Å². The number of amides is 2. The van der Waals surface area contributed by atoms with Crippen LogP contribution in [0.15, 0.2) is 46.9 Å². The lowest BCUT2D eigenvalue weighted by atomic mass is 10.1. The van der Waals surface area contributed by atoms with Crippen molar-refractivity contribution in [1.82, 2.24) is 5.32 Å². The molecule has 1 aliphatic rings. The molecule has 2 aromatic rings. The van der Waals surface area contributed by atoms with Crippen LogP contribution in [0.5, 0.6) is 0 Å². The zero-order valence-electron chi connectivity index (χ0n) is 12.7. The largest absolute Gasteiger partial charge is 0.433 e. The first kappa shape index (κ1) is 15.7. The number of furan rings is 1. The average molecular weight is 329 g/mol. The van der Waals surface area contributed by atoms with Gasteiger partial charge in [0.05, 0.1) is 6.07 Å². The maximum atomic E-state index is 12.1. The summed E-state index contributed by atoms with van der Waals surface area (Å²) in [5, 5.41) is 13.2. The minimum absolute atomic E-state index is 0.00841. The maximum absolute atomic E-state index is 12.1. The number of anilines is 1. The second-order valence-electron chi connectivity index (χ2n) is 5.52. The van der Waals surface area contributed by atoms with Gasteiger partial charge in [-0.3, -0.25) is 19.7 Å². The quantitative estimate of drug-likeness (QED) is 0.667. The Kier molecular flexibility index (Phi) is 4.28. The Morgan fingerprint density at radius 2 is 2.04 bits per heavy atom. The van der Waals surface area contributed by atoms with E-state index in [1.54, 1.807) is 4.90 Å². The molecule has 1 saturated heterocycles. The molecule has 1 N–H and O–H groups in total. The van der Waals surface area contributed by atoms with Crippen molar-refractivity contribution in [2.45, 2.75) is 6.42 Å². The van der Waals surface area contributed by atoms with Gasteiger partial charge in [-0.25, -0.2) is 0 Å². The fourth-order valence-electron chi connectivity index (χ4n) is 2.65. The third-order valence-electron chi connectivity index (χ3n) is 3.82. The topological polar surface area (TPSA) is 106 Å². The van der Waals surface area contributed by atoms with Crippen LogP contribution in [-0.2, 0) is 4.79 Å². The highest BCUT2D eigenvalue weighted by Gasteiger charge is 2.31. The molecule has 3 rings (SSSR count). The van der Waals surface area contributed by atoms with E-state index in [9.17, 15) is 19.7 Å². The molecule has 0 radical (unpaired) electrons. The lowest BCUT2D eigenvalue weighted by Crippen LogP contribution is -2.31. The smallest absolute Gasteiger partial charge is 0.395 e. The molecule has 124 valence electrons. The number of benzene rings is 1. The summed E-state index contributed by atoms with van der Waals surface area (Å²) in [6.07, 6.45) is 0.341. The van der Waals surface area contributed by atoms with Gasteiger partial charge in [0.15, 0.2) is 5.76 Å². The normalized spacial score (nSPS) is 17.1. The highest BCUT2D eigenvalue weighted by atomic mass is 16.6. The van der Waals surface area contributed by atoms with Gasteiger partial charge in [0.2, 0.25) is 5.91 Å². The van der Waals surface area contributed by atoms with Crippen LogP contribution in [0.1, 0.15) is 17.0 Å². The van der Waals surface area contributed by atoms with Gasteiger partial charge in [0, 0.05) is 31.1 Å². The third-order valence-corrected chi connectivity index (χ3v) is 3.82. The molecule has 0 saturated carbocycles. The van der Waals surface area contributed by atoms with E-state index in [2.05, 4.69) is 5.32 Å². The van der Waals surface area contributed by atoms with Crippen molar-refractivity contribution in [1.29, 1.82) is 0 Å². The lowest BCUT2D eigenvalue weighted by molar-refractivity contribution is -0.402. The first-order valence-corrected chi connectivity index (χ1v) is 7.42. The fourth-order valence-corrected chi connectivity index (χ4v) is 2.65. The summed E-state index contributed by atoms with van der Waals surface area (Å²) in [6.45, 7) is 0.809. The Morgan fingerprint density at radius 1 is 1.29 bits per heavy atom. The third kappa shape index (κ3) is 3.27. The van der Waals surface area contributed by atoms with Crippen LogP contribution >= 0.6 is 0 Å². The first-order chi connectivity index (χ1) is 11.5. The van der Waals surface area contributed by atoms with Crippen molar-refractivity contribution in [3.8, 4) is 0 Å². The maximum Gasteiger partial charge on any atom is 0.433 e. The van der Waals surface area contributed by atoms with Crippen LogP contribution in [0.3, 0.4) is 0 Å². The molecule has 1 unspecified atom stereocenters. The summed E-state index contributed by atoms with van der Waals surface area (Å²) in [7, 11) is 0. The molecule has 1 aromatic heterocycles. The van der Waals surface area contributed by atoms with E-state index in [4.69, 9.17) is 4.42 Å². The van der Waals surface area contributed by atoms with E-state index < -0.39 is 16.7 Å². The zero-order chi connectivity index (χ0) is 17.1. The molecule has 2 heterocycles. The number of carbonyl (C=O) groups is 2. The zero-order valence-corrected chi connectivity index (χ0v) is 12.7. The molecule has 1 aromatic carbocycles. The highest BCUT2D eigenvalue weighted by Crippen LogP contribution is 2.24. The minimum atomic E-state index is -0.704. The predicted molar refractivity (Wildman–Crippen MR) is 84.6 cm³/mol. The number of nitrogens with one attached hydrogen (secondary N) is 1.